The second kappa shape index (κ2) is 8.84. The highest BCUT2D eigenvalue weighted by Gasteiger charge is 2.13. The minimum Gasteiger partial charge on any atom is -0.507 e. The molecular weight excluding hydrogens is 409 g/mol. The van der Waals surface area contributed by atoms with Gasteiger partial charge in [-0.05, 0) is 74.5 Å². The van der Waals surface area contributed by atoms with Gasteiger partial charge in [0.25, 0.3) is 0 Å². The van der Waals surface area contributed by atoms with Crippen LogP contribution in [-0.2, 0) is 0 Å². The van der Waals surface area contributed by atoms with E-state index in [4.69, 9.17) is 4.74 Å². The Kier molecular flexibility index (Phi) is 5.60. The van der Waals surface area contributed by atoms with Crippen molar-refractivity contribution in [1.29, 1.82) is 0 Å². The minimum absolute atomic E-state index is 0.150. The largest absolute Gasteiger partial charge is 0.507 e. The van der Waals surface area contributed by atoms with Crippen molar-refractivity contribution in [3.05, 3.63) is 66.5 Å². The molecule has 0 aliphatic carbocycles. The summed E-state index contributed by atoms with van der Waals surface area (Å²) < 4.78 is 20.8. The second-order valence-electron chi connectivity index (χ2n) is 7.82. The fourth-order valence-electron chi connectivity index (χ4n) is 3.95. The molecule has 0 radical (unpaired) electrons. The summed E-state index contributed by atoms with van der Waals surface area (Å²) >= 11 is 0. The maximum absolute atomic E-state index is 13.4. The fourth-order valence-corrected chi connectivity index (χ4v) is 3.95. The van der Waals surface area contributed by atoms with Crippen molar-refractivity contribution < 1.29 is 14.2 Å². The molecule has 1 aliphatic heterocycles. The number of halogens is 1. The molecule has 2 N–H and O–H groups in total. The minimum atomic E-state index is -0.497. The van der Waals surface area contributed by atoms with Crippen molar-refractivity contribution in [3.8, 4) is 22.8 Å². The molecule has 0 amide bonds. The van der Waals surface area contributed by atoms with Gasteiger partial charge in [0, 0.05) is 23.9 Å². The Labute approximate surface area is 185 Å². The molecule has 1 fully saturated rings. The van der Waals surface area contributed by atoms with Crippen LogP contribution in [0.5, 0.6) is 11.5 Å². The first-order valence-corrected chi connectivity index (χ1v) is 10.7. The molecule has 3 heterocycles. The lowest BCUT2D eigenvalue weighted by Crippen LogP contribution is -2.25. The van der Waals surface area contributed by atoms with Crippen LogP contribution in [0.1, 0.15) is 12.8 Å². The van der Waals surface area contributed by atoms with Crippen molar-refractivity contribution in [2.24, 2.45) is 0 Å². The number of aromatic hydroxyl groups is 1. The molecule has 0 unspecified atom stereocenters. The topological polar surface area (TPSA) is 74.9 Å². The van der Waals surface area contributed by atoms with E-state index in [9.17, 15) is 9.50 Å². The zero-order valence-electron chi connectivity index (χ0n) is 17.5. The maximum atomic E-state index is 13.4. The Morgan fingerprint density at radius 1 is 1.03 bits per heavy atom. The quantitative estimate of drug-likeness (QED) is 0.448. The van der Waals surface area contributed by atoms with Crippen LogP contribution in [0.15, 0.2) is 60.7 Å². The zero-order chi connectivity index (χ0) is 21.9. The Hall–Kier alpha value is -3.65. The van der Waals surface area contributed by atoms with E-state index in [1.54, 1.807) is 10.6 Å². The molecule has 4 aromatic rings. The molecule has 164 valence electrons. The van der Waals surface area contributed by atoms with Gasteiger partial charge in [-0.15, -0.1) is 5.10 Å². The third-order valence-electron chi connectivity index (χ3n) is 5.58. The van der Waals surface area contributed by atoms with Crippen LogP contribution < -0.4 is 10.1 Å². The number of aromatic nitrogens is 3. The molecule has 7 nitrogen and oxygen atoms in total. The smallest absolute Gasteiger partial charge is 0.247 e. The first kappa shape index (κ1) is 20.3. The van der Waals surface area contributed by atoms with Gasteiger partial charge in [0.2, 0.25) is 5.95 Å². The van der Waals surface area contributed by atoms with Gasteiger partial charge in [-0.25, -0.2) is 8.91 Å². The van der Waals surface area contributed by atoms with Crippen molar-refractivity contribution in [3.63, 3.8) is 0 Å². The van der Waals surface area contributed by atoms with Gasteiger partial charge in [0.1, 0.15) is 23.9 Å². The van der Waals surface area contributed by atoms with E-state index in [1.165, 1.54) is 38.1 Å². The molecule has 5 rings (SSSR count). The molecule has 0 saturated carbocycles. The summed E-state index contributed by atoms with van der Waals surface area (Å²) in [5.74, 6) is 0.596. The number of anilines is 2. The number of rotatable bonds is 7. The summed E-state index contributed by atoms with van der Waals surface area (Å²) in [6, 6.07) is 17.0. The molecule has 2 aromatic heterocycles. The van der Waals surface area contributed by atoms with Gasteiger partial charge in [-0.1, -0.05) is 6.07 Å². The average Bonchev–Trinajstić information content (AvgIpc) is 3.44. The van der Waals surface area contributed by atoms with Crippen LogP contribution in [-0.4, -0.2) is 50.8 Å². The SMILES string of the molecule is Oc1cc(F)ccc1-c1cccc2nc(Nc3ccc(OCCN4CCCC4)cc3)nn12. The molecule has 0 spiro atoms. The molecule has 32 heavy (non-hydrogen) atoms. The molecule has 0 atom stereocenters. The van der Waals surface area contributed by atoms with E-state index < -0.39 is 5.82 Å². The third-order valence-corrected chi connectivity index (χ3v) is 5.58. The highest BCUT2D eigenvalue weighted by Crippen LogP contribution is 2.30. The van der Waals surface area contributed by atoms with Crippen molar-refractivity contribution in [2.45, 2.75) is 12.8 Å². The van der Waals surface area contributed by atoms with Crippen LogP contribution in [0.3, 0.4) is 0 Å². The number of nitrogens with one attached hydrogen (secondary N) is 1. The number of likely N-dealkylation sites (tertiary alicyclic amines) is 1. The van der Waals surface area contributed by atoms with Crippen LogP contribution in [0.2, 0.25) is 0 Å². The van der Waals surface area contributed by atoms with Crippen LogP contribution in [0.25, 0.3) is 16.9 Å². The normalized spacial score (nSPS) is 14.2. The molecular formula is C24H24FN5O2. The molecule has 2 aromatic carbocycles. The highest BCUT2D eigenvalue weighted by atomic mass is 19.1. The predicted octanol–water partition coefficient (Wildman–Crippen LogP) is 4.46. The van der Waals surface area contributed by atoms with Gasteiger partial charge in [0.05, 0.1) is 5.69 Å². The summed E-state index contributed by atoms with van der Waals surface area (Å²) in [6.07, 6.45) is 2.56. The van der Waals surface area contributed by atoms with Gasteiger partial charge < -0.3 is 15.2 Å². The summed E-state index contributed by atoms with van der Waals surface area (Å²) in [7, 11) is 0. The van der Waals surface area contributed by atoms with Crippen LogP contribution >= 0.6 is 0 Å². The second-order valence-corrected chi connectivity index (χ2v) is 7.82. The molecule has 8 heteroatoms. The maximum Gasteiger partial charge on any atom is 0.247 e. The number of phenolic OH excluding ortho intramolecular Hbond substituents is 1. The number of pyridine rings is 1. The summed E-state index contributed by atoms with van der Waals surface area (Å²) in [5.41, 5.74) is 2.53. The summed E-state index contributed by atoms with van der Waals surface area (Å²) in [5, 5.41) is 17.9. The fraction of sp³-hybridized carbons (Fsp3) is 0.250. The number of ether oxygens (including phenoxy) is 1. The van der Waals surface area contributed by atoms with Crippen molar-refractivity contribution in [1.82, 2.24) is 19.5 Å². The number of hydrogen-bond donors (Lipinski definition) is 2. The zero-order valence-corrected chi connectivity index (χ0v) is 17.5. The first-order chi connectivity index (χ1) is 15.7. The van der Waals surface area contributed by atoms with E-state index in [0.717, 1.165) is 24.0 Å². The van der Waals surface area contributed by atoms with Crippen molar-refractivity contribution >= 4 is 17.3 Å². The molecule has 1 aliphatic rings. The van der Waals surface area contributed by atoms with Gasteiger partial charge in [-0.3, -0.25) is 4.90 Å². The van der Waals surface area contributed by atoms with E-state index in [1.807, 2.05) is 36.4 Å². The third kappa shape index (κ3) is 4.36. The van der Waals surface area contributed by atoms with Gasteiger partial charge >= 0.3 is 0 Å². The van der Waals surface area contributed by atoms with E-state index >= 15 is 0 Å². The number of hydrogen-bond acceptors (Lipinski definition) is 6. The summed E-state index contributed by atoms with van der Waals surface area (Å²) in [4.78, 5) is 6.93. The number of benzene rings is 2. The average molecular weight is 433 g/mol. The number of phenols is 1. The highest BCUT2D eigenvalue weighted by molar-refractivity contribution is 5.70. The van der Waals surface area contributed by atoms with E-state index in [2.05, 4.69) is 20.3 Å². The first-order valence-electron chi connectivity index (χ1n) is 10.7. The molecule has 1 saturated heterocycles. The standard InChI is InChI=1S/C24H24FN5O2/c25-17-6-11-20(22(31)16-17)21-4-3-5-23-27-24(28-30(21)23)26-18-7-9-19(10-8-18)32-15-14-29-12-1-2-13-29/h3-11,16,31H,1-2,12-15H2,(H,26,28). The Morgan fingerprint density at radius 2 is 1.84 bits per heavy atom. The molecule has 0 bridgehead atoms. The monoisotopic (exact) mass is 433 g/mol. The Balaban J connectivity index is 1.29. The number of nitrogens with zero attached hydrogens (tertiary/aromatic N) is 4. The lowest BCUT2D eigenvalue weighted by Gasteiger charge is -2.15. The Bertz CT molecular complexity index is 1220. The summed E-state index contributed by atoms with van der Waals surface area (Å²) in [6.45, 7) is 3.97. The Morgan fingerprint density at radius 3 is 2.62 bits per heavy atom. The van der Waals surface area contributed by atoms with E-state index in [0.29, 0.717) is 29.5 Å². The van der Waals surface area contributed by atoms with E-state index in [-0.39, 0.29) is 5.75 Å². The number of fused-ring (bicyclic) bond motifs is 1. The lowest BCUT2D eigenvalue weighted by molar-refractivity contribution is 0.238. The van der Waals surface area contributed by atoms with Crippen molar-refractivity contribution in [2.75, 3.05) is 31.6 Å². The van der Waals surface area contributed by atoms with Gasteiger partial charge in [0.15, 0.2) is 5.65 Å². The van der Waals surface area contributed by atoms with Crippen LogP contribution in [0.4, 0.5) is 16.0 Å². The van der Waals surface area contributed by atoms with Gasteiger partial charge in [-0.2, -0.15) is 4.98 Å². The van der Waals surface area contributed by atoms with Crippen LogP contribution in [0, 0.1) is 5.82 Å². The lowest BCUT2D eigenvalue weighted by atomic mass is 10.1. The predicted molar refractivity (Wildman–Crippen MR) is 121 cm³/mol.